The second-order valence-corrected chi connectivity index (χ2v) is 5.83. The third-order valence-electron chi connectivity index (χ3n) is 3.29. The first-order valence-corrected chi connectivity index (χ1v) is 7.37. The third-order valence-corrected chi connectivity index (χ3v) is 3.98. The molecule has 0 aliphatic carbocycles. The van der Waals surface area contributed by atoms with E-state index in [0.29, 0.717) is 6.04 Å². The summed E-state index contributed by atoms with van der Waals surface area (Å²) in [6.45, 7) is 5.57. The minimum atomic E-state index is 0.501. The molecule has 1 aromatic carbocycles. The van der Waals surface area contributed by atoms with Gasteiger partial charge in [0.1, 0.15) is 0 Å². The fourth-order valence-electron chi connectivity index (χ4n) is 2.52. The molecule has 3 heteroatoms. The molecule has 0 aliphatic heterocycles. The van der Waals surface area contributed by atoms with E-state index in [2.05, 4.69) is 63.9 Å². The fourth-order valence-corrected chi connectivity index (χ4v) is 2.99. The molecule has 0 saturated carbocycles. The molecule has 1 N–H and O–H groups in total. The van der Waals surface area contributed by atoms with E-state index in [1.54, 1.807) is 0 Å². The van der Waals surface area contributed by atoms with Crippen molar-refractivity contribution in [1.82, 2.24) is 9.88 Å². The molecule has 0 fully saturated rings. The number of nitrogens with one attached hydrogen (secondary N) is 1. The highest BCUT2D eigenvalue weighted by Gasteiger charge is 2.12. The minimum absolute atomic E-state index is 0.501. The first-order chi connectivity index (χ1) is 8.65. The van der Waals surface area contributed by atoms with Crippen LogP contribution in [0.4, 0.5) is 0 Å². The standard InChI is InChI=1S/C15H21BrN2/c1-11(2)18-12(6-5-9-17-3)10-13-14(16)7-4-8-15(13)18/h4,7-8,10-11,17H,5-6,9H2,1-3H3. The van der Waals surface area contributed by atoms with Crippen LogP contribution >= 0.6 is 15.9 Å². The van der Waals surface area contributed by atoms with Gasteiger partial charge >= 0.3 is 0 Å². The summed E-state index contributed by atoms with van der Waals surface area (Å²) in [7, 11) is 2.01. The van der Waals surface area contributed by atoms with E-state index in [1.165, 1.54) is 27.5 Å². The number of halogens is 1. The van der Waals surface area contributed by atoms with Crippen molar-refractivity contribution >= 4 is 26.8 Å². The Bertz CT molecular complexity index is 529. The van der Waals surface area contributed by atoms with Gasteiger partial charge in [-0.3, -0.25) is 0 Å². The smallest absolute Gasteiger partial charge is 0.0496 e. The number of aromatic nitrogens is 1. The molecule has 0 saturated heterocycles. The van der Waals surface area contributed by atoms with Gasteiger partial charge in [0.05, 0.1) is 0 Å². The molecular weight excluding hydrogens is 288 g/mol. The van der Waals surface area contributed by atoms with Crippen molar-refractivity contribution in [3.8, 4) is 0 Å². The van der Waals surface area contributed by atoms with E-state index < -0.39 is 0 Å². The Hall–Kier alpha value is -0.800. The largest absolute Gasteiger partial charge is 0.342 e. The van der Waals surface area contributed by atoms with Crippen LogP contribution in [-0.4, -0.2) is 18.2 Å². The Balaban J connectivity index is 2.44. The van der Waals surface area contributed by atoms with E-state index in [0.717, 1.165) is 13.0 Å². The summed E-state index contributed by atoms with van der Waals surface area (Å²) >= 11 is 3.65. The van der Waals surface area contributed by atoms with Gasteiger partial charge in [-0.1, -0.05) is 22.0 Å². The van der Waals surface area contributed by atoms with Gasteiger partial charge in [-0.2, -0.15) is 0 Å². The lowest BCUT2D eigenvalue weighted by Gasteiger charge is -2.14. The summed E-state index contributed by atoms with van der Waals surface area (Å²) in [6.07, 6.45) is 2.30. The Morgan fingerprint density at radius 1 is 1.33 bits per heavy atom. The van der Waals surface area contributed by atoms with Gasteiger partial charge in [-0.05, 0) is 58.5 Å². The number of hydrogen-bond donors (Lipinski definition) is 1. The van der Waals surface area contributed by atoms with Gasteiger partial charge in [0, 0.05) is 27.1 Å². The molecule has 0 bridgehead atoms. The molecule has 1 heterocycles. The van der Waals surface area contributed by atoms with Crippen LogP contribution in [0.5, 0.6) is 0 Å². The van der Waals surface area contributed by atoms with Gasteiger partial charge in [0.15, 0.2) is 0 Å². The maximum atomic E-state index is 3.65. The highest BCUT2D eigenvalue weighted by molar-refractivity contribution is 9.10. The zero-order valence-corrected chi connectivity index (χ0v) is 12.9. The zero-order valence-electron chi connectivity index (χ0n) is 11.3. The molecule has 2 rings (SSSR count). The molecule has 18 heavy (non-hydrogen) atoms. The van der Waals surface area contributed by atoms with E-state index in [4.69, 9.17) is 0 Å². The molecule has 0 spiro atoms. The van der Waals surface area contributed by atoms with Crippen LogP contribution in [0.2, 0.25) is 0 Å². The highest BCUT2D eigenvalue weighted by Crippen LogP contribution is 2.30. The first kappa shape index (κ1) is 13.6. The predicted molar refractivity (Wildman–Crippen MR) is 82.3 cm³/mol. The van der Waals surface area contributed by atoms with Crippen molar-refractivity contribution in [2.45, 2.75) is 32.7 Å². The molecule has 0 aliphatic rings. The first-order valence-electron chi connectivity index (χ1n) is 6.58. The Kier molecular flexibility index (Phi) is 4.46. The van der Waals surface area contributed by atoms with Crippen LogP contribution in [0.25, 0.3) is 10.9 Å². The number of hydrogen-bond acceptors (Lipinski definition) is 1. The SMILES string of the molecule is CNCCCc1cc2c(Br)cccc2n1C(C)C. The van der Waals surface area contributed by atoms with Crippen molar-refractivity contribution < 1.29 is 0 Å². The lowest BCUT2D eigenvalue weighted by atomic mass is 10.2. The third kappa shape index (κ3) is 2.62. The maximum Gasteiger partial charge on any atom is 0.0496 e. The average molecular weight is 309 g/mol. The molecule has 0 radical (unpaired) electrons. The number of nitrogens with zero attached hydrogens (tertiary/aromatic N) is 1. The van der Waals surface area contributed by atoms with Gasteiger partial charge in [-0.25, -0.2) is 0 Å². The predicted octanol–water partition coefficient (Wildman–Crippen LogP) is 4.14. The summed E-state index contributed by atoms with van der Waals surface area (Å²) in [5.41, 5.74) is 2.76. The van der Waals surface area contributed by atoms with Gasteiger partial charge < -0.3 is 9.88 Å². The highest BCUT2D eigenvalue weighted by atomic mass is 79.9. The van der Waals surface area contributed by atoms with Crippen LogP contribution in [0.3, 0.4) is 0 Å². The molecule has 98 valence electrons. The van der Waals surface area contributed by atoms with Crippen LogP contribution in [0.1, 0.15) is 32.0 Å². The summed E-state index contributed by atoms with van der Waals surface area (Å²) in [5.74, 6) is 0. The Morgan fingerprint density at radius 3 is 2.78 bits per heavy atom. The minimum Gasteiger partial charge on any atom is -0.342 e. The summed E-state index contributed by atoms with van der Waals surface area (Å²) in [5, 5.41) is 4.54. The Labute approximate surface area is 118 Å². The lowest BCUT2D eigenvalue weighted by molar-refractivity contribution is 0.582. The summed E-state index contributed by atoms with van der Waals surface area (Å²) in [6, 6.07) is 9.27. The molecule has 1 aromatic heterocycles. The Morgan fingerprint density at radius 2 is 2.11 bits per heavy atom. The van der Waals surface area contributed by atoms with E-state index in [1.807, 2.05) is 7.05 Å². The van der Waals surface area contributed by atoms with Crippen molar-refractivity contribution in [3.63, 3.8) is 0 Å². The number of benzene rings is 1. The second-order valence-electron chi connectivity index (χ2n) is 4.98. The van der Waals surface area contributed by atoms with Crippen LogP contribution in [0.15, 0.2) is 28.7 Å². The van der Waals surface area contributed by atoms with Crippen molar-refractivity contribution in [2.24, 2.45) is 0 Å². The zero-order chi connectivity index (χ0) is 13.1. The molecule has 0 atom stereocenters. The monoisotopic (exact) mass is 308 g/mol. The van der Waals surface area contributed by atoms with Crippen molar-refractivity contribution in [3.05, 3.63) is 34.4 Å². The quantitative estimate of drug-likeness (QED) is 0.822. The number of aryl methyl sites for hydroxylation is 1. The molecule has 0 amide bonds. The molecular formula is C15H21BrN2. The van der Waals surface area contributed by atoms with Crippen molar-refractivity contribution in [1.29, 1.82) is 0 Å². The topological polar surface area (TPSA) is 17.0 Å². The lowest BCUT2D eigenvalue weighted by Crippen LogP contribution is -2.11. The molecule has 2 nitrogen and oxygen atoms in total. The van der Waals surface area contributed by atoms with Crippen LogP contribution in [-0.2, 0) is 6.42 Å². The van der Waals surface area contributed by atoms with Crippen LogP contribution < -0.4 is 5.32 Å². The maximum absolute atomic E-state index is 3.65. The van der Waals surface area contributed by atoms with Crippen molar-refractivity contribution in [2.75, 3.05) is 13.6 Å². The molecule has 0 unspecified atom stereocenters. The summed E-state index contributed by atoms with van der Waals surface area (Å²) < 4.78 is 3.64. The van der Waals surface area contributed by atoms with Gasteiger partial charge in [0.25, 0.3) is 0 Å². The average Bonchev–Trinajstić information content (AvgIpc) is 2.69. The number of rotatable bonds is 5. The van der Waals surface area contributed by atoms with E-state index >= 15 is 0 Å². The van der Waals surface area contributed by atoms with Gasteiger partial charge in [0.2, 0.25) is 0 Å². The van der Waals surface area contributed by atoms with Gasteiger partial charge in [-0.15, -0.1) is 0 Å². The van der Waals surface area contributed by atoms with E-state index in [9.17, 15) is 0 Å². The second kappa shape index (κ2) is 5.89. The van der Waals surface area contributed by atoms with E-state index in [-0.39, 0.29) is 0 Å². The number of fused-ring (bicyclic) bond motifs is 1. The summed E-state index contributed by atoms with van der Waals surface area (Å²) in [4.78, 5) is 0. The van der Waals surface area contributed by atoms with Crippen LogP contribution in [0, 0.1) is 0 Å². The fraction of sp³-hybridized carbons (Fsp3) is 0.467. The normalized spacial score (nSPS) is 11.6. The molecule has 2 aromatic rings.